The predicted octanol–water partition coefficient (Wildman–Crippen LogP) is 1.04. The Morgan fingerprint density at radius 2 is 1.77 bits per heavy atom. The van der Waals surface area contributed by atoms with Gasteiger partial charge in [0.1, 0.15) is 17.4 Å². The van der Waals surface area contributed by atoms with Crippen molar-refractivity contribution in [2.45, 2.75) is 0 Å². The molecule has 0 radical (unpaired) electrons. The van der Waals surface area contributed by atoms with E-state index in [0.29, 0.717) is 37.7 Å². The molecule has 0 unspecified atom stereocenters. The summed E-state index contributed by atoms with van der Waals surface area (Å²) in [5.41, 5.74) is -0.111. The van der Waals surface area contributed by atoms with Crippen molar-refractivity contribution in [1.29, 1.82) is 0 Å². The lowest BCUT2D eigenvalue weighted by molar-refractivity contribution is -0.133. The van der Waals surface area contributed by atoms with Gasteiger partial charge in [0.05, 0.1) is 12.4 Å². The number of carbonyl (C=O) groups is 2. The average Bonchev–Trinajstić information content (AvgIpc) is 2.67. The zero-order chi connectivity index (χ0) is 18.5. The maximum Gasteiger partial charge on any atom is 0.356 e. The largest absolute Gasteiger partial charge is 0.484 e. The Morgan fingerprint density at radius 1 is 1.08 bits per heavy atom. The average molecular weight is 360 g/mol. The van der Waals surface area contributed by atoms with Crippen LogP contribution in [0.5, 0.6) is 5.75 Å². The third kappa shape index (κ3) is 4.24. The number of benzene rings is 1. The second-order valence-corrected chi connectivity index (χ2v) is 5.68. The van der Waals surface area contributed by atoms with Gasteiger partial charge in [0.15, 0.2) is 12.3 Å². The van der Waals surface area contributed by atoms with E-state index in [4.69, 9.17) is 9.84 Å². The molecule has 26 heavy (non-hydrogen) atoms. The van der Waals surface area contributed by atoms with Crippen molar-refractivity contribution in [3.63, 3.8) is 0 Å². The molecule has 2 aromatic rings. The van der Waals surface area contributed by atoms with Crippen LogP contribution in [0.15, 0.2) is 36.7 Å². The molecule has 1 N–H and O–H groups in total. The molecule has 3 rings (SSSR count). The van der Waals surface area contributed by atoms with Crippen molar-refractivity contribution in [3.05, 3.63) is 48.2 Å². The number of halogens is 1. The van der Waals surface area contributed by atoms with Gasteiger partial charge in [-0.25, -0.2) is 19.2 Å². The maximum atomic E-state index is 12.8. The third-order valence-electron chi connectivity index (χ3n) is 3.99. The van der Waals surface area contributed by atoms with Gasteiger partial charge < -0.3 is 19.6 Å². The second kappa shape index (κ2) is 7.77. The first kappa shape index (κ1) is 17.6. The van der Waals surface area contributed by atoms with Gasteiger partial charge in [0.2, 0.25) is 0 Å². The Bertz CT molecular complexity index is 774. The van der Waals surface area contributed by atoms with Crippen molar-refractivity contribution in [2.24, 2.45) is 0 Å². The number of piperazine rings is 1. The van der Waals surface area contributed by atoms with Crippen LogP contribution in [0.2, 0.25) is 0 Å². The van der Waals surface area contributed by atoms with Gasteiger partial charge in [-0.05, 0) is 24.3 Å². The molecule has 136 valence electrons. The van der Waals surface area contributed by atoms with E-state index in [1.807, 2.05) is 4.90 Å². The minimum atomic E-state index is -1.12. The fourth-order valence-corrected chi connectivity index (χ4v) is 2.55. The number of hydrogen-bond acceptors (Lipinski definition) is 6. The van der Waals surface area contributed by atoms with E-state index < -0.39 is 5.97 Å². The Morgan fingerprint density at radius 3 is 2.35 bits per heavy atom. The number of aromatic carboxylic acids is 1. The third-order valence-corrected chi connectivity index (χ3v) is 3.99. The van der Waals surface area contributed by atoms with Crippen molar-refractivity contribution >= 4 is 17.7 Å². The normalized spacial score (nSPS) is 14.2. The summed E-state index contributed by atoms with van der Waals surface area (Å²) >= 11 is 0. The summed E-state index contributed by atoms with van der Waals surface area (Å²) in [6.45, 7) is 1.99. The quantitative estimate of drug-likeness (QED) is 0.851. The highest BCUT2D eigenvalue weighted by molar-refractivity contribution is 5.85. The number of anilines is 1. The summed E-state index contributed by atoms with van der Waals surface area (Å²) in [6.07, 6.45) is 2.63. The van der Waals surface area contributed by atoms with E-state index in [2.05, 4.69) is 9.97 Å². The molecular weight excluding hydrogens is 343 g/mol. The van der Waals surface area contributed by atoms with Crippen LogP contribution < -0.4 is 9.64 Å². The first-order chi connectivity index (χ1) is 12.5. The highest BCUT2D eigenvalue weighted by atomic mass is 19.1. The van der Waals surface area contributed by atoms with Gasteiger partial charge in [-0.1, -0.05) is 0 Å². The molecule has 1 aromatic heterocycles. The SMILES string of the molecule is O=C(O)c1cnc(N2CCN(C(=O)COc3ccc(F)cc3)CC2)cn1. The maximum absolute atomic E-state index is 12.8. The zero-order valence-electron chi connectivity index (χ0n) is 13.8. The molecule has 0 bridgehead atoms. The molecule has 0 spiro atoms. The second-order valence-electron chi connectivity index (χ2n) is 5.68. The van der Waals surface area contributed by atoms with E-state index >= 15 is 0 Å². The van der Waals surface area contributed by atoms with Crippen LogP contribution in [-0.2, 0) is 4.79 Å². The summed E-state index contributed by atoms with van der Waals surface area (Å²) in [5.74, 6) is -0.627. The van der Waals surface area contributed by atoms with Crippen LogP contribution in [0.4, 0.5) is 10.2 Å². The molecule has 9 heteroatoms. The number of nitrogens with zero attached hydrogens (tertiary/aromatic N) is 4. The summed E-state index contributed by atoms with van der Waals surface area (Å²) in [7, 11) is 0. The number of amides is 1. The molecule has 0 aliphatic carbocycles. The van der Waals surface area contributed by atoms with Crippen molar-refractivity contribution in [2.75, 3.05) is 37.7 Å². The lowest BCUT2D eigenvalue weighted by atomic mass is 10.3. The van der Waals surface area contributed by atoms with Crippen LogP contribution >= 0.6 is 0 Å². The van der Waals surface area contributed by atoms with Gasteiger partial charge in [0, 0.05) is 26.2 Å². The smallest absolute Gasteiger partial charge is 0.356 e. The van der Waals surface area contributed by atoms with Gasteiger partial charge >= 0.3 is 5.97 Å². The Balaban J connectivity index is 1.48. The molecule has 1 aromatic carbocycles. The van der Waals surface area contributed by atoms with Crippen molar-refractivity contribution in [3.8, 4) is 5.75 Å². The van der Waals surface area contributed by atoms with Gasteiger partial charge in [0.25, 0.3) is 5.91 Å². The van der Waals surface area contributed by atoms with Crippen molar-refractivity contribution in [1.82, 2.24) is 14.9 Å². The molecule has 0 saturated carbocycles. The standard InChI is InChI=1S/C17H17FN4O4/c18-12-1-3-13(4-2-12)26-11-16(23)22-7-5-21(6-8-22)15-10-19-14(9-20-15)17(24)25/h1-4,9-10H,5-8,11H2,(H,24,25). The zero-order valence-corrected chi connectivity index (χ0v) is 13.8. The van der Waals surface area contributed by atoms with Crippen molar-refractivity contribution < 1.29 is 23.8 Å². The molecule has 2 heterocycles. The summed E-state index contributed by atoms with van der Waals surface area (Å²) in [5, 5.41) is 8.84. The Kier molecular flexibility index (Phi) is 5.26. The van der Waals surface area contributed by atoms with Crippen LogP contribution in [0, 0.1) is 5.82 Å². The van der Waals surface area contributed by atoms with E-state index in [0.717, 1.165) is 0 Å². The molecule has 1 saturated heterocycles. The fraction of sp³-hybridized carbons (Fsp3) is 0.294. The first-order valence-electron chi connectivity index (χ1n) is 7.99. The summed E-state index contributed by atoms with van der Waals surface area (Å²) < 4.78 is 18.2. The van der Waals surface area contributed by atoms with Crippen LogP contribution in [0.3, 0.4) is 0 Å². The number of hydrogen-bond donors (Lipinski definition) is 1. The number of carbonyl (C=O) groups excluding carboxylic acids is 1. The monoisotopic (exact) mass is 360 g/mol. The Hall–Kier alpha value is -3.23. The number of rotatable bonds is 5. The highest BCUT2D eigenvalue weighted by Crippen LogP contribution is 2.14. The Labute approximate surface area is 148 Å². The summed E-state index contributed by atoms with van der Waals surface area (Å²) in [4.78, 5) is 34.6. The van der Waals surface area contributed by atoms with E-state index in [1.54, 1.807) is 4.90 Å². The molecule has 1 aliphatic heterocycles. The van der Waals surface area contributed by atoms with Crippen LogP contribution in [0.1, 0.15) is 10.5 Å². The van der Waals surface area contributed by atoms with Crippen LogP contribution in [0.25, 0.3) is 0 Å². The molecule has 1 amide bonds. The molecule has 8 nitrogen and oxygen atoms in total. The molecule has 0 atom stereocenters. The number of ether oxygens (including phenoxy) is 1. The first-order valence-corrected chi connectivity index (χ1v) is 7.99. The van der Waals surface area contributed by atoms with E-state index in [1.165, 1.54) is 36.7 Å². The van der Waals surface area contributed by atoms with Crippen LogP contribution in [-0.4, -0.2) is 64.6 Å². The summed E-state index contributed by atoms with van der Waals surface area (Å²) in [6, 6.07) is 5.49. The predicted molar refractivity (Wildman–Crippen MR) is 89.7 cm³/mol. The van der Waals surface area contributed by atoms with Gasteiger partial charge in [-0.15, -0.1) is 0 Å². The lowest BCUT2D eigenvalue weighted by Crippen LogP contribution is -2.50. The van der Waals surface area contributed by atoms with E-state index in [-0.39, 0.29) is 24.0 Å². The highest BCUT2D eigenvalue weighted by Gasteiger charge is 2.22. The molecular formula is C17H17FN4O4. The minimum Gasteiger partial charge on any atom is -0.484 e. The number of carboxylic acids is 1. The number of carboxylic acid groups (broad SMARTS) is 1. The lowest BCUT2D eigenvalue weighted by Gasteiger charge is -2.35. The number of aromatic nitrogens is 2. The molecule has 1 fully saturated rings. The van der Waals surface area contributed by atoms with E-state index in [9.17, 15) is 14.0 Å². The minimum absolute atomic E-state index is 0.111. The van der Waals surface area contributed by atoms with Gasteiger partial charge in [-0.2, -0.15) is 0 Å². The molecule has 1 aliphatic rings. The fourth-order valence-electron chi connectivity index (χ4n) is 2.55. The topological polar surface area (TPSA) is 95.9 Å². The van der Waals surface area contributed by atoms with Gasteiger partial charge in [-0.3, -0.25) is 4.79 Å².